The highest BCUT2D eigenvalue weighted by atomic mass is 16.5. The molecule has 1 unspecified atom stereocenters. The highest BCUT2D eigenvalue weighted by Gasteiger charge is 2.25. The SMILES string of the molecule is Cc1[nH]ncc1CNC(=O)C1CNc2ccccc2O1. The van der Waals surface area contributed by atoms with Crippen LogP contribution in [0.3, 0.4) is 0 Å². The third kappa shape index (κ3) is 2.45. The van der Waals surface area contributed by atoms with E-state index >= 15 is 0 Å². The molecule has 1 atom stereocenters. The molecular weight excluding hydrogens is 256 g/mol. The van der Waals surface area contributed by atoms with Gasteiger partial charge in [-0.15, -0.1) is 0 Å². The number of anilines is 1. The lowest BCUT2D eigenvalue weighted by molar-refractivity contribution is -0.127. The molecule has 0 aliphatic carbocycles. The van der Waals surface area contributed by atoms with Crippen LogP contribution in [0.2, 0.25) is 0 Å². The minimum Gasteiger partial charge on any atom is -0.477 e. The minimum absolute atomic E-state index is 0.132. The zero-order chi connectivity index (χ0) is 13.9. The van der Waals surface area contributed by atoms with Gasteiger partial charge in [0, 0.05) is 17.8 Å². The maximum Gasteiger partial charge on any atom is 0.263 e. The standard InChI is InChI=1S/C14H16N4O2/c1-9-10(7-17-18-9)6-16-14(19)13-8-15-11-4-2-3-5-12(11)20-13/h2-5,7,13,15H,6,8H2,1H3,(H,16,19)(H,17,18). The summed E-state index contributed by atoms with van der Waals surface area (Å²) in [6.45, 7) is 2.83. The van der Waals surface area contributed by atoms with Gasteiger partial charge in [-0.1, -0.05) is 12.1 Å². The fourth-order valence-electron chi connectivity index (χ4n) is 2.11. The van der Waals surface area contributed by atoms with Crippen LogP contribution in [0, 0.1) is 6.92 Å². The first-order valence-electron chi connectivity index (χ1n) is 6.50. The van der Waals surface area contributed by atoms with Gasteiger partial charge in [0.25, 0.3) is 5.91 Å². The molecule has 6 heteroatoms. The van der Waals surface area contributed by atoms with Gasteiger partial charge in [0.15, 0.2) is 6.10 Å². The third-order valence-electron chi connectivity index (χ3n) is 3.31. The number of amides is 1. The van der Waals surface area contributed by atoms with Crippen LogP contribution in [-0.2, 0) is 11.3 Å². The van der Waals surface area contributed by atoms with Crippen LogP contribution in [0.4, 0.5) is 5.69 Å². The number of carbonyl (C=O) groups excluding carboxylic acids is 1. The fourth-order valence-corrected chi connectivity index (χ4v) is 2.11. The predicted molar refractivity (Wildman–Crippen MR) is 74.5 cm³/mol. The number of para-hydroxylation sites is 2. The first-order chi connectivity index (χ1) is 9.74. The van der Waals surface area contributed by atoms with E-state index in [0.29, 0.717) is 18.8 Å². The Labute approximate surface area is 116 Å². The molecule has 3 rings (SSSR count). The lowest BCUT2D eigenvalue weighted by Gasteiger charge is -2.26. The van der Waals surface area contributed by atoms with Crippen molar-refractivity contribution in [1.82, 2.24) is 15.5 Å². The summed E-state index contributed by atoms with van der Waals surface area (Å²) in [5.41, 5.74) is 2.85. The van der Waals surface area contributed by atoms with Gasteiger partial charge in [0.2, 0.25) is 0 Å². The van der Waals surface area contributed by atoms with Crippen molar-refractivity contribution in [3.8, 4) is 5.75 Å². The number of carbonyl (C=O) groups is 1. The minimum atomic E-state index is -0.517. The van der Waals surface area contributed by atoms with Gasteiger partial charge < -0.3 is 15.4 Å². The summed E-state index contributed by atoms with van der Waals surface area (Å²) in [5, 5.41) is 12.8. The summed E-state index contributed by atoms with van der Waals surface area (Å²) in [6, 6.07) is 7.59. The molecule has 6 nitrogen and oxygen atoms in total. The number of nitrogens with one attached hydrogen (secondary N) is 3. The molecule has 104 valence electrons. The van der Waals surface area contributed by atoms with Crippen LogP contribution in [0.25, 0.3) is 0 Å². The smallest absolute Gasteiger partial charge is 0.263 e. The van der Waals surface area contributed by atoms with Crippen LogP contribution >= 0.6 is 0 Å². The second kappa shape index (κ2) is 5.24. The number of aromatic nitrogens is 2. The van der Waals surface area contributed by atoms with Gasteiger partial charge in [-0.05, 0) is 19.1 Å². The number of aromatic amines is 1. The number of H-pyrrole nitrogens is 1. The number of nitrogens with zero attached hydrogens (tertiary/aromatic N) is 1. The van der Waals surface area contributed by atoms with Gasteiger partial charge >= 0.3 is 0 Å². The number of hydrogen-bond acceptors (Lipinski definition) is 4. The van der Waals surface area contributed by atoms with Crippen LogP contribution < -0.4 is 15.4 Å². The Morgan fingerprint density at radius 3 is 3.15 bits per heavy atom. The summed E-state index contributed by atoms with van der Waals surface area (Å²) in [4.78, 5) is 12.1. The first-order valence-corrected chi connectivity index (χ1v) is 6.50. The van der Waals surface area contributed by atoms with Crippen molar-refractivity contribution in [2.24, 2.45) is 0 Å². The molecule has 20 heavy (non-hydrogen) atoms. The predicted octanol–water partition coefficient (Wildman–Crippen LogP) is 1.21. The van der Waals surface area contributed by atoms with E-state index in [9.17, 15) is 4.79 Å². The van der Waals surface area contributed by atoms with Gasteiger partial charge in [0.1, 0.15) is 5.75 Å². The van der Waals surface area contributed by atoms with Crippen molar-refractivity contribution in [3.63, 3.8) is 0 Å². The van der Waals surface area contributed by atoms with Crippen molar-refractivity contribution in [3.05, 3.63) is 41.7 Å². The van der Waals surface area contributed by atoms with Crippen LogP contribution in [0.15, 0.2) is 30.5 Å². The molecule has 1 aromatic carbocycles. The van der Waals surface area contributed by atoms with Crippen LogP contribution in [0.5, 0.6) is 5.75 Å². The van der Waals surface area contributed by atoms with Crippen molar-refractivity contribution in [2.45, 2.75) is 19.6 Å². The topological polar surface area (TPSA) is 79.0 Å². The van der Waals surface area contributed by atoms with Crippen molar-refractivity contribution < 1.29 is 9.53 Å². The van der Waals surface area contributed by atoms with E-state index in [2.05, 4.69) is 20.8 Å². The summed E-state index contributed by atoms with van der Waals surface area (Å²) in [5.74, 6) is 0.575. The Balaban J connectivity index is 1.60. The molecule has 0 fully saturated rings. The summed E-state index contributed by atoms with van der Waals surface area (Å²) in [6.07, 6.45) is 1.20. The molecule has 1 aliphatic heterocycles. The van der Waals surface area contributed by atoms with E-state index < -0.39 is 6.10 Å². The summed E-state index contributed by atoms with van der Waals surface area (Å²) >= 11 is 0. The van der Waals surface area contributed by atoms with Crippen LogP contribution in [-0.4, -0.2) is 28.8 Å². The second-order valence-corrected chi connectivity index (χ2v) is 4.72. The van der Waals surface area contributed by atoms with Crippen molar-refractivity contribution in [2.75, 3.05) is 11.9 Å². The van der Waals surface area contributed by atoms with E-state index in [1.807, 2.05) is 31.2 Å². The van der Waals surface area contributed by atoms with E-state index in [1.165, 1.54) is 0 Å². The number of ether oxygens (including phenoxy) is 1. The zero-order valence-corrected chi connectivity index (χ0v) is 11.1. The highest BCUT2D eigenvalue weighted by molar-refractivity contribution is 5.83. The molecular formula is C14H16N4O2. The molecule has 2 heterocycles. The molecule has 1 aromatic heterocycles. The first kappa shape index (κ1) is 12.5. The van der Waals surface area contributed by atoms with E-state index in [0.717, 1.165) is 16.9 Å². The monoisotopic (exact) mass is 272 g/mol. The molecule has 0 radical (unpaired) electrons. The molecule has 0 bridgehead atoms. The Morgan fingerprint density at radius 2 is 2.35 bits per heavy atom. The maximum absolute atomic E-state index is 12.1. The second-order valence-electron chi connectivity index (χ2n) is 4.72. The number of hydrogen-bond donors (Lipinski definition) is 3. The molecule has 1 amide bonds. The fraction of sp³-hybridized carbons (Fsp3) is 0.286. The molecule has 3 N–H and O–H groups in total. The Hall–Kier alpha value is -2.50. The highest BCUT2D eigenvalue weighted by Crippen LogP contribution is 2.28. The Morgan fingerprint density at radius 1 is 1.50 bits per heavy atom. The van der Waals surface area contributed by atoms with Gasteiger partial charge in [-0.25, -0.2) is 0 Å². The van der Waals surface area contributed by atoms with Crippen molar-refractivity contribution in [1.29, 1.82) is 0 Å². The average Bonchev–Trinajstić information content (AvgIpc) is 2.89. The molecule has 0 saturated heterocycles. The van der Waals surface area contributed by atoms with E-state index in [1.54, 1.807) is 6.20 Å². The number of aryl methyl sites for hydroxylation is 1. The normalized spacial score (nSPS) is 16.8. The van der Waals surface area contributed by atoms with E-state index in [4.69, 9.17) is 4.74 Å². The molecule has 0 saturated carbocycles. The average molecular weight is 272 g/mol. The zero-order valence-electron chi connectivity index (χ0n) is 11.1. The molecule has 1 aliphatic rings. The lowest BCUT2D eigenvalue weighted by Crippen LogP contribution is -2.44. The van der Waals surface area contributed by atoms with Crippen LogP contribution in [0.1, 0.15) is 11.3 Å². The lowest BCUT2D eigenvalue weighted by atomic mass is 10.2. The molecule has 2 aromatic rings. The van der Waals surface area contributed by atoms with E-state index in [-0.39, 0.29) is 5.91 Å². The Bertz CT molecular complexity index is 623. The Kier molecular flexibility index (Phi) is 3.28. The molecule has 0 spiro atoms. The quantitative estimate of drug-likeness (QED) is 0.784. The summed E-state index contributed by atoms with van der Waals surface area (Å²) in [7, 11) is 0. The maximum atomic E-state index is 12.1. The largest absolute Gasteiger partial charge is 0.477 e. The number of rotatable bonds is 3. The van der Waals surface area contributed by atoms with Gasteiger partial charge in [-0.2, -0.15) is 5.10 Å². The third-order valence-corrected chi connectivity index (χ3v) is 3.31. The van der Waals surface area contributed by atoms with Gasteiger partial charge in [-0.3, -0.25) is 9.89 Å². The number of fused-ring (bicyclic) bond motifs is 1. The summed E-state index contributed by atoms with van der Waals surface area (Å²) < 4.78 is 5.70. The number of benzene rings is 1. The van der Waals surface area contributed by atoms with Crippen molar-refractivity contribution >= 4 is 11.6 Å². The van der Waals surface area contributed by atoms with Gasteiger partial charge in [0.05, 0.1) is 18.4 Å².